The Balaban J connectivity index is 2.22. The number of amides is 1. The number of thioether (sulfide) groups is 1. The number of aryl methyl sites for hydroxylation is 2. The number of carboxylic acids is 1. The summed E-state index contributed by atoms with van der Waals surface area (Å²) >= 11 is 3.02. The Morgan fingerprint density at radius 3 is 2.80 bits per heavy atom. The first-order chi connectivity index (χ1) is 9.58. The van der Waals surface area contributed by atoms with E-state index in [1.54, 1.807) is 0 Å². The molecule has 1 saturated heterocycles. The number of carbonyl (C=O) groups is 2. The van der Waals surface area contributed by atoms with Crippen LogP contribution in [0.2, 0.25) is 0 Å². The first-order valence-corrected chi connectivity index (χ1v) is 8.78. The molecular formula is C14H19NO3S2. The largest absolute Gasteiger partial charge is 0.480 e. The van der Waals surface area contributed by atoms with Crippen LogP contribution in [0.3, 0.4) is 0 Å². The van der Waals surface area contributed by atoms with Crippen molar-refractivity contribution in [2.75, 3.05) is 11.6 Å². The van der Waals surface area contributed by atoms with Gasteiger partial charge in [0.15, 0.2) is 0 Å². The molecule has 1 unspecified atom stereocenters. The first-order valence-electron chi connectivity index (χ1n) is 6.81. The van der Waals surface area contributed by atoms with Gasteiger partial charge in [-0.3, -0.25) is 4.79 Å². The Kier molecular flexibility index (Phi) is 5.10. The van der Waals surface area contributed by atoms with Crippen molar-refractivity contribution in [1.29, 1.82) is 0 Å². The maximum atomic E-state index is 12.5. The van der Waals surface area contributed by atoms with Gasteiger partial charge < -0.3 is 10.0 Å². The SMILES string of the molecule is CCCc1sc(C(=O)N2CSCC2C(=O)O)cc1CC. The van der Waals surface area contributed by atoms with Gasteiger partial charge in [0.05, 0.1) is 10.8 Å². The van der Waals surface area contributed by atoms with Crippen LogP contribution in [0, 0.1) is 0 Å². The second kappa shape index (κ2) is 6.63. The summed E-state index contributed by atoms with van der Waals surface area (Å²) in [5, 5.41) is 9.17. The van der Waals surface area contributed by atoms with Crippen LogP contribution in [0.15, 0.2) is 6.07 Å². The Morgan fingerprint density at radius 1 is 1.45 bits per heavy atom. The van der Waals surface area contributed by atoms with Gasteiger partial charge in [-0.15, -0.1) is 23.1 Å². The van der Waals surface area contributed by atoms with E-state index in [1.165, 1.54) is 38.4 Å². The van der Waals surface area contributed by atoms with E-state index in [-0.39, 0.29) is 5.91 Å². The summed E-state index contributed by atoms with van der Waals surface area (Å²) in [5.41, 5.74) is 1.22. The molecule has 0 spiro atoms. The van der Waals surface area contributed by atoms with Crippen LogP contribution in [0.5, 0.6) is 0 Å². The number of hydrogen-bond acceptors (Lipinski definition) is 4. The smallest absolute Gasteiger partial charge is 0.327 e. The zero-order valence-electron chi connectivity index (χ0n) is 11.7. The Bertz CT molecular complexity index is 513. The van der Waals surface area contributed by atoms with E-state index in [0.29, 0.717) is 16.5 Å². The van der Waals surface area contributed by atoms with Crippen molar-refractivity contribution < 1.29 is 14.7 Å². The predicted molar refractivity (Wildman–Crippen MR) is 82.6 cm³/mol. The van der Waals surface area contributed by atoms with Crippen LogP contribution >= 0.6 is 23.1 Å². The van der Waals surface area contributed by atoms with Crippen molar-refractivity contribution in [3.8, 4) is 0 Å². The van der Waals surface area contributed by atoms with Gasteiger partial charge in [0.1, 0.15) is 6.04 Å². The normalized spacial score (nSPS) is 18.5. The fourth-order valence-corrected chi connectivity index (χ4v) is 4.76. The second-order valence-corrected chi connectivity index (χ2v) is 6.93. The molecule has 1 N–H and O–H groups in total. The van der Waals surface area contributed by atoms with Crippen LogP contribution in [0.1, 0.15) is 40.4 Å². The summed E-state index contributed by atoms with van der Waals surface area (Å²) in [6, 6.07) is 1.26. The van der Waals surface area contributed by atoms with Gasteiger partial charge in [-0.25, -0.2) is 4.79 Å². The molecule has 2 heterocycles. The lowest BCUT2D eigenvalue weighted by molar-refractivity contribution is -0.140. The van der Waals surface area contributed by atoms with Crippen molar-refractivity contribution in [2.24, 2.45) is 0 Å². The number of nitrogens with zero attached hydrogens (tertiary/aromatic N) is 1. The van der Waals surface area contributed by atoms with Crippen LogP contribution in [0.25, 0.3) is 0 Å². The summed E-state index contributed by atoms with van der Waals surface area (Å²) in [4.78, 5) is 27.1. The highest BCUT2D eigenvalue weighted by Crippen LogP contribution is 2.29. The molecule has 0 bridgehead atoms. The molecule has 2 rings (SSSR count). The fourth-order valence-electron chi connectivity index (χ4n) is 2.30. The molecule has 0 saturated carbocycles. The minimum Gasteiger partial charge on any atom is -0.480 e. The number of aliphatic carboxylic acids is 1. The van der Waals surface area contributed by atoms with Gasteiger partial charge in [0.2, 0.25) is 0 Å². The summed E-state index contributed by atoms with van der Waals surface area (Å²) in [6.07, 6.45) is 2.95. The zero-order valence-corrected chi connectivity index (χ0v) is 13.4. The van der Waals surface area contributed by atoms with E-state index in [1.807, 2.05) is 6.07 Å². The molecule has 1 aliphatic heterocycles. The van der Waals surface area contributed by atoms with Crippen molar-refractivity contribution in [1.82, 2.24) is 4.90 Å². The fraction of sp³-hybridized carbons (Fsp3) is 0.571. The van der Waals surface area contributed by atoms with Gasteiger partial charge in [-0.05, 0) is 24.5 Å². The maximum absolute atomic E-state index is 12.5. The molecule has 1 fully saturated rings. The third-order valence-corrected chi connectivity index (χ3v) is 5.63. The predicted octanol–water partition coefficient (Wildman–Crippen LogP) is 2.86. The van der Waals surface area contributed by atoms with Gasteiger partial charge in [-0.1, -0.05) is 20.3 Å². The molecule has 1 aliphatic rings. The molecule has 20 heavy (non-hydrogen) atoms. The van der Waals surface area contributed by atoms with Crippen LogP contribution in [-0.2, 0) is 17.6 Å². The van der Waals surface area contributed by atoms with E-state index < -0.39 is 12.0 Å². The van der Waals surface area contributed by atoms with E-state index >= 15 is 0 Å². The first kappa shape index (κ1) is 15.4. The number of hydrogen-bond donors (Lipinski definition) is 1. The van der Waals surface area contributed by atoms with Crippen molar-refractivity contribution in [3.63, 3.8) is 0 Å². The summed E-state index contributed by atoms with van der Waals surface area (Å²) in [6.45, 7) is 4.21. The molecule has 1 atom stereocenters. The molecule has 0 radical (unpaired) electrons. The third kappa shape index (κ3) is 3.01. The highest BCUT2D eigenvalue weighted by atomic mass is 32.2. The summed E-state index contributed by atoms with van der Waals surface area (Å²) in [5.74, 6) is -0.0958. The van der Waals surface area contributed by atoms with Gasteiger partial charge in [0, 0.05) is 10.6 Å². The van der Waals surface area contributed by atoms with E-state index in [2.05, 4.69) is 13.8 Å². The summed E-state index contributed by atoms with van der Waals surface area (Å²) < 4.78 is 0. The minimum atomic E-state index is -0.913. The standard InChI is InChI=1S/C14H19NO3S2/c1-3-5-11-9(4-2)6-12(20-11)13(16)15-8-19-7-10(15)14(17)18/h6,10H,3-5,7-8H2,1-2H3,(H,17,18). The van der Waals surface area contributed by atoms with Crippen LogP contribution < -0.4 is 0 Å². The topological polar surface area (TPSA) is 57.6 Å². The van der Waals surface area contributed by atoms with Crippen molar-refractivity contribution in [3.05, 3.63) is 21.4 Å². The average Bonchev–Trinajstić information content (AvgIpc) is 3.04. The summed E-state index contributed by atoms with van der Waals surface area (Å²) in [7, 11) is 0. The number of carboxylic acid groups (broad SMARTS) is 1. The zero-order chi connectivity index (χ0) is 14.7. The molecular weight excluding hydrogens is 294 g/mol. The monoisotopic (exact) mass is 313 g/mol. The van der Waals surface area contributed by atoms with Crippen LogP contribution in [-0.4, -0.2) is 39.6 Å². The van der Waals surface area contributed by atoms with E-state index in [4.69, 9.17) is 5.11 Å². The lowest BCUT2D eigenvalue weighted by Gasteiger charge is -2.19. The highest BCUT2D eigenvalue weighted by molar-refractivity contribution is 7.99. The highest BCUT2D eigenvalue weighted by Gasteiger charge is 2.35. The lowest BCUT2D eigenvalue weighted by atomic mass is 10.1. The van der Waals surface area contributed by atoms with Gasteiger partial charge in [-0.2, -0.15) is 0 Å². The average molecular weight is 313 g/mol. The molecule has 0 aliphatic carbocycles. The second-order valence-electron chi connectivity index (χ2n) is 4.79. The number of thiophene rings is 1. The molecule has 1 amide bonds. The lowest BCUT2D eigenvalue weighted by Crippen LogP contribution is -2.41. The Labute approximate surface area is 127 Å². The number of rotatable bonds is 5. The molecule has 0 aromatic carbocycles. The van der Waals surface area contributed by atoms with Crippen molar-refractivity contribution in [2.45, 2.75) is 39.2 Å². The van der Waals surface area contributed by atoms with Crippen LogP contribution in [0.4, 0.5) is 0 Å². The van der Waals surface area contributed by atoms with E-state index in [0.717, 1.165) is 19.3 Å². The van der Waals surface area contributed by atoms with Crippen molar-refractivity contribution >= 4 is 35.0 Å². The molecule has 1 aromatic rings. The van der Waals surface area contributed by atoms with Gasteiger partial charge in [0.25, 0.3) is 5.91 Å². The maximum Gasteiger partial charge on any atom is 0.327 e. The molecule has 1 aromatic heterocycles. The minimum absolute atomic E-state index is 0.135. The van der Waals surface area contributed by atoms with Gasteiger partial charge >= 0.3 is 5.97 Å². The third-order valence-electron chi connectivity index (χ3n) is 3.39. The molecule has 4 nitrogen and oxygen atoms in total. The number of carbonyl (C=O) groups excluding carboxylic acids is 1. The van der Waals surface area contributed by atoms with E-state index in [9.17, 15) is 9.59 Å². The molecule has 6 heteroatoms. The Hall–Kier alpha value is -1.01. The Morgan fingerprint density at radius 2 is 2.20 bits per heavy atom. The quantitative estimate of drug-likeness (QED) is 0.908. The molecule has 110 valence electrons.